The van der Waals surface area contributed by atoms with Crippen LogP contribution in [0.15, 0.2) is 0 Å². The summed E-state index contributed by atoms with van der Waals surface area (Å²) in [7, 11) is 3.49. The highest BCUT2D eigenvalue weighted by molar-refractivity contribution is 8.76. The second kappa shape index (κ2) is 20.8. The largest absolute Gasteiger partial charge is 0.379 e. The molecule has 0 saturated carbocycles. The third-order valence-electron chi connectivity index (χ3n) is 3.51. The van der Waals surface area contributed by atoms with Crippen molar-refractivity contribution in [1.82, 2.24) is 10.6 Å². The molecule has 0 aromatic heterocycles. The van der Waals surface area contributed by atoms with E-state index in [-0.39, 0.29) is 11.3 Å². The molecule has 0 unspecified atom stereocenters. The predicted molar refractivity (Wildman–Crippen MR) is 125 cm³/mol. The number of amides is 1. The van der Waals surface area contributed by atoms with Crippen LogP contribution < -0.4 is 10.6 Å². The topological polar surface area (TPSA) is 68.8 Å². The molecular weight excluding hydrogens is 408 g/mol. The van der Waals surface area contributed by atoms with Crippen LogP contribution in [-0.4, -0.2) is 69.8 Å². The fourth-order valence-corrected chi connectivity index (χ4v) is 3.87. The highest BCUT2D eigenvalue weighted by atomic mass is 33.1. The first-order valence-corrected chi connectivity index (χ1v) is 13.0. The number of rotatable bonds is 18. The van der Waals surface area contributed by atoms with E-state index >= 15 is 0 Å². The number of nitrogens with one attached hydrogen (secondary N) is 2. The van der Waals surface area contributed by atoms with E-state index < -0.39 is 0 Å². The molecule has 0 saturated heterocycles. The highest BCUT2D eigenvalue weighted by Crippen LogP contribution is 2.27. The van der Waals surface area contributed by atoms with Crippen LogP contribution in [0.3, 0.4) is 0 Å². The lowest BCUT2D eigenvalue weighted by atomic mass is 10.2. The van der Waals surface area contributed by atoms with Gasteiger partial charge in [-0.05, 0) is 25.6 Å². The van der Waals surface area contributed by atoms with Gasteiger partial charge in [0.25, 0.3) is 0 Å². The van der Waals surface area contributed by atoms with E-state index in [0.29, 0.717) is 58.0 Å². The molecule has 29 heavy (non-hydrogen) atoms. The molecule has 0 rings (SSSR count). The summed E-state index contributed by atoms with van der Waals surface area (Å²) >= 11 is 0. The Morgan fingerprint density at radius 3 is 2.38 bits per heavy atom. The van der Waals surface area contributed by atoms with Crippen molar-refractivity contribution < 1.29 is 19.0 Å². The second-order valence-corrected chi connectivity index (χ2v) is 9.67. The molecule has 1 amide bonds. The maximum Gasteiger partial charge on any atom is 0.223 e. The first-order valence-electron chi connectivity index (χ1n) is 10.4. The molecule has 2 N–H and O–H groups in total. The smallest absolute Gasteiger partial charge is 0.223 e. The zero-order valence-corrected chi connectivity index (χ0v) is 20.4. The van der Waals surface area contributed by atoms with Crippen molar-refractivity contribution in [2.24, 2.45) is 5.92 Å². The molecule has 170 valence electrons. The van der Waals surface area contributed by atoms with E-state index in [0.717, 1.165) is 19.4 Å². The van der Waals surface area contributed by atoms with Crippen molar-refractivity contribution in [3.8, 4) is 11.8 Å². The Labute approximate surface area is 185 Å². The lowest BCUT2D eigenvalue weighted by Crippen LogP contribution is -2.25. The maximum atomic E-state index is 11.6. The maximum absolute atomic E-state index is 11.6. The number of hydrogen-bond donors (Lipinski definition) is 2. The number of ether oxygens (including phenoxy) is 3. The quantitative estimate of drug-likeness (QED) is 0.144. The Morgan fingerprint density at radius 1 is 1.03 bits per heavy atom. The van der Waals surface area contributed by atoms with Crippen molar-refractivity contribution >= 4 is 27.5 Å². The van der Waals surface area contributed by atoms with Gasteiger partial charge in [0.2, 0.25) is 5.91 Å². The van der Waals surface area contributed by atoms with Gasteiger partial charge in [-0.3, -0.25) is 4.79 Å². The van der Waals surface area contributed by atoms with Gasteiger partial charge >= 0.3 is 0 Å². The summed E-state index contributed by atoms with van der Waals surface area (Å²) in [6.45, 7) is 12.3. The van der Waals surface area contributed by atoms with Gasteiger partial charge in [0.1, 0.15) is 5.44 Å². The first kappa shape index (κ1) is 28.6. The first-order chi connectivity index (χ1) is 14.0. The summed E-state index contributed by atoms with van der Waals surface area (Å²) in [5, 5.41) is 6.18. The van der Waals surface area contributed by atoms with Gasteiger partial charge in [-0.2, -0.15) is 0 Å². The van der Waals surface area contributed by atoms with Crippen molar-refractivity contribution in [2.75, 3.05) is 52.4 Å². The van der Waals surface area contributed by atoms with Crippen LogP contribution in [0, 0.1) is 17.8 Å². The average Bonchev–Trinajstić information content (AvgIpc) is 2.66. The minimum atomic E-state index is -0.0432. The van der Waals surface area contributed by atoms with Crippen LogP contribution in [0.4, 0.5) is 0 Å². The van der Waals surface area contributed by atoms with E-state index in [1.165, 1.54) is 0 Å². The van der Waals surface area contributed by atoms with Crippen LogP contribution >= 0.6 is 21.6 Å². The molecule has 8 heteroatoms. The number of hydrogen-bond acceptors (Lipinski definition) is 7. The molecule has 0 fully saturated rings. The van der Waals surface area contributed by atoms with Crippen LogP contribution in [0.1, 0.15) is 47.0 Å². The average molecular weight is 449 g/mol. The van der Waals surface area contributed by atoms with Crippen LogP contribution in [-0.2, 0) is 19.0 Å². The Kier molecular flexibility index (Phi) is 20.5. The lowest BCUT2D eigenvalue weighted by Gasteiger charge is -2.17. The predicted octanol–water partition coefficient (Wildman–Crippen LogP) is 3.32. The van der Waals surface area contributed by atoms with Gasteiger partial charge in [0.05, 0.1) is 39.6 Å². The van der Waals surface area contributed by atoms with Crippen molar-refractivity contribution in [1.29, 1.82) is 0 Å². The molecule has 0 spiro atoms. The molecule has 0 aliphatic heterocycles. The molecule has 0 bridgehead atoms. The molecule has 0 aliphatic carbocycles. The molecule has 0 aliphatic rings. The van der Waals surface area contributed by atoms with E-state index in [9.17, 15) is 4.79 Å². The van der Waals surface area contributed by atoms with Gasteiger partial charge < -0.3 is 24.8 Å². The summed E-state index contributed by atoms with van der Waals surface area (Å²) in [4.78, 5) is 11.6. The standard InChI is InChI=1S/C21H40N2O4S2/c1-18(2)8-6-12-23-20(24)10-13-25-14-15-26-16-17-27-21(29-28-5)9-7-11-22-19(3)4/h18-19,21-22H,7,9-17H2,1-5H3,(H,23,24)/t21-/m1/s1. The molecule has 0 aromatic carbocycles. The van der Waals surface area contributed by atoms with Crippen molar-refractivity contribution in [3.63, 3.8) is 0 Å². The molecule has 0 aromatic rings. The summed E-state index contributed by atoms with van der Waals surface area (Å²) < 4.78 is 16.8. The molecular formula is C21H40N2O4S2. The Bertz CT molecular complexity index is 454. The SMILES string of the molecule is CSS[C@H](CCCNC(C)C)OCCOCCOCCC(=O)NCC#CC(C)C. The van der Waals surface area contributed by atoms with Crippen molar-refractivity contribution in [3.05, 3.63) is 0 Å². The van der Waals surface area contributed by atoms with E-state index in [2.05, 4.69) is 42.6 Å². The summed E-state index contributed by atoms with van der Waals surface area (Å²) in [5.41, 5.74) is 0.197. The zero-order chi connectivity index (χ0) is 21.7. The lowest BCUT2D eigenvalue weighted by molar-refractivity contribution is -0.122. The third kappa shape index (κ3) is 22.1. The molecule has 6 nitrogen and oxygen atoms in total. The van der Waals surface area contributed by atoms with Gasteiger partial charge in [-0.25, -0.2) is 0 Å². The van der Waals surface area contributed by atoms with Gasteiger partial charge in [0.15, 0.2) is 0 Å². The van der Waals surface area contributed by atoms with Crippen LogP contribution in [0.25, 0.3) is 0 Å². The van der Waals surface area contributed by atoms with Crippen molar-refractivity contribution in [2.45, 2.75) is 58.4 Å². The number of carbonyl (C=O) groups excluding carboxylic acids is 1. The van der Waals surface area contributed by atoms with E-state index in [1.807, 2.05) is 13.8 Å². The third-order valence-corrected chi connectivity index (χ3v) is 5.51. The van der Waals surface area contributed by atoms with E-state index in [4.69, 9.17) is 14.2 Å². The van der Waals surface area contributed by atoms with Gasteiger partial charge in [0, 0.05) is 18.4 Å². The second-order valence-electron chi connectivity index (χ2n) is 7.04. The van der Waals surface area contributed by atoms with Gasteiger partial charge in [-0.1, -0.05) is 61.1 Å². The fraction of sp³-hybridized carbons (Fsp3) is 0.857. The highest BCUT2D eigenvalue weighted by Gasteiger charge is 2.09. The summed E-state index contributed by atoms with van der Waals surface area (Å²) in [6, 6.07) is 0.525. The normalized spacial score (nSPS) is 12.1. The minimum Gasteiger partial charge on any atom is -0.379 e. The monoisotopic (exact) mass is 448 g/mol. The van der Waals surface area contributed by atoms with Crippen LogP contribution in [0.2, 0.25) is 0 Å². The summed E-state index contributed by atoms with van der Waals surface area (Å²) in [6.07, 6.45) is 4.54. The van der Waals surface area contributed by atoms with Crippen LogP contribution in [0.5, 0.6) is 0 Å². The molecule has 0 radical (unpaired) electrons. The van der Waals surface area contributed by atoms with Gasteiger partial charge in [-0.15, -0.1) is 0 Å². The molecule has 0 heterocycles. The minimum absolute atomic E-state index is 0.0432. The summed E-state index contributed by atoms with van der Waals surface area (Å²) in [5.74, 6) is 6.20. The Morgan fingerprint density at radius 2 is 1.72 bits per heavy atom. The Balaban J connectivity index is 3.53. The van der Waals surface area contributed by atoms with E-state index in [1.54, 1.807) is 21.6 Å². The zero-order valence-electron chi connectivity index (χ0n) is 18.8. The Hall–Kier alpha value is -0.430. The number of carbonyl (C=O) groups is 1. The fourth-order valence-electron chi connectivity index (χ4n) is 2.14. The molecule has 1 atom stereocenters.